The van der Waals surface area contributed by atoms with Crippen molar-refractivity contribution < 1.29 is 9.59 Å². The number of hydrogen-bond acceptors (Lipinski definition) is 4. The number of benzene rings is 3. The van der Waals surface area contributed by atoms with Crippen LogP contribution in [0.15, 0.2) is 72.8 Å². The first kappa shape index (κ1) is 22.3. The van der Waals surface area contributed by atoms with Gasteiger partial charge in [0, 0.05) is 65.8 Å². The number of nitrogens with one attached hydrogen (secondary N) is 1. The van der Waals surface area contributed by atoms with Gasteiger partial charge in [0.25, 0.3) is 11.8 Å². The topological polar surface area (TPSA) is 55.9 Å². The fraction of sp³-hybridized carbons (Fsp3) is 0.259. The quantitative estimate of drug-likeness (QED) is 0.572. The number of hydrogen-bond donors (Lipinski definition) is 1. The first-order chi connectivity index (χ1) is 16.5. The molecule has 1 fully saturated rings. The summed E-state index contributed by atoms with van der Waals surface area (Å²) >= 11 is 6.12. The molecule has 34 heavy (non-hydrogen) atoms. The van der Waals surface area contributed by atoms with E-state index in [1.54, 1.807) is 0 Å². The Morgan fingerprint density at radius 3 is 2.41 bits per heavy atom. The molecule has 5 rings (SSSR count). The van der Waals surface area contributed by atoms with Crippen molar-refractivity contribution >= 4 is 34.8 Å². The fourth-order valence-electron chi connectivity index (χ4n) is 4.74. The summed E-state index contributed by atoms with van der Waals surface area (Å²) < 4.78 is 0. The van der Waals surface area contributed by atoms with Gasteiger partial charge in [0.2, 0.25) is 0 Å². The predicted octanol–water partition coefficient (Wildman–Crippen LogP) is 4.89. The molecule has 3 aromatic carbocycles. The van der Waals surface area contributed by atoms with Gasteiger partial charge in [-0.15, -0.1) is 0 Å². The number of carbonyl (C=O) groups is 2. The lowest BCUT2D eigenvalue weighted by Gasteiger charge is -2.36. The van der Waals surface area contributed by atoms with E-state index in [9.17, 15) is 9.59 Å². The smallest absolute Gasteiger partial charge is 0.256 e. The van der Waals surface area contributed by atoms with Gasteiger partial charge in [0.15, 0.2) is 0 Å². The van der Waals surface area contributed by atoms with E-state index in [-0.39, 0.29) is 18.0 Å². The molecule has 1 N–H and O–H groups in total. The zero-order valence-corrected chi connectivity index (χ0v) is 19.8. The Bertz CT molecular complexity index is 1210. The summed E-state index contributed by atoms with van der Waals surface area (Å²) in [4.78, 5) is 31.7. The van der Waals surface area contributed by atoms with E-state index >= 15 is 0 Å². The highest BCUT2D eigenvalue weighted by Crippen LogP contribution is 2.34. The van der Waals surface area contributed by atoms with E-state index < -0.39 is 0 Å². The fourth-order valence-corrected chi connectivity index (χ4v) is 4.93. The second-order valence-electron chi connectivity index (χ2n) is 8.56. The van der Waals surface area contributed by atoms with Crippen LogP contribution >= 0.6 is 11.6 Å². The van der Waals surface area contributed by atoms with Gasteiger partial charge in [-0.2, -0.15) is 0 Å². The molecule has 3 aromatic rings. The molecular formula is C27H27ClN4O2. The van der Waals surface area contributed by atoms with Gasteiger partial charge >= 0.3 is 0 Å². The number of anilines is 2. The second-order valence-corrected chi connectivity index (χ2v) is 9.00. The maximum absolute atomic E-state index is 13.1. The minimum Gasteiger partial charge on any atom is -0.368 e. The second kappa shape index (κ2) is 9.39. The van der Waals surface area contributed by atoms with Crippen molar-refractivity contribution in [1.29, 1.82) is 0 Å². The molecule has 0 aliphatic carbocycles. The standard InChI is InChI=1S/C27H27ClN4O2/c1-2-32-25(23-8-3-4-9-24(23)27(32)34)29-21-12-10-19(11-13-21)26(33)31-16-14-30(15-17-31)22-7-5-6-20(28)18-22/h3-13,18,25,29H,2,14-17H2,1H3. The van der Waals surface area contributed by atoms with E-state index in [2.05, 4.69) is 10.2 Å². The van der Waals surface area contributed by atoms with Crippen LogP contribution < -0.4 is 10.2 Å². The van der Waals surface area contributed by atoms with Crippen molar-refractivity contribution in [1.82, 2.24) is 9.80 Å². The van der Waals surface area contributed by atoms with Gasteiger partial charge in [0.1, 0.15) is 6.17 Å². The summed E-state index contributed by atoms with van der Waals surface area (Å²) in [6.45, 7) is 5.46. The number of nitrogens with zero attached hydrogens (tertiary/aromatic N) is 3. The van der Waals surface area contributed by atoms with Gasteiger partial charge in [-0.1, -0.05) is 35.9 Å². The summed E-state index contributed by atoms with van der Waals surface area (Å²) in [6, 6.07) is 23.1. The molecule has 174 valence electrons. The largest absolute Gasteiger partial charge is 0.368 e. The van der Waals surface area contributed by atoms with Gasteiger partial charge in [-0.3, -0.25) is 9.59 Å². The normalized spacial score (nSPS) is 17.6. The third-order valence-corrected chi connectivity index (χ3v) is 6.81. The minimum absolute atomic E-state index is 0.0360. The molecule has 0 bridgehead atoms. The summed E-state index contributed by atoms with van der Waals surface area (Å²) in [5, 5.41) is 4.19. The Kier molecular flexibility index (Phi) is 6.16. The molecule has 6 nitrogen and oxygen atoms in total. The zero-order chi connectivity index (χ0) is 23.7. The van der Waals surface area contributed by atoms with Crippen LogP contribution in [-0.2, 0) is 0 Å². The molecule has 2 aliphatic heterocycles. The highest BCUT2D eigenvalue weighted by molar-refractivity contribution is 6.30. The Balaban J connectivity index is 1.23. The van der Waals surface area contributed by atoms with Crippen LogP contribution in [0.25, 0.3) is 0 Å². The third-order valence-electron chi connectivity index (χ3n) is 6.57. The van der Waals surface area contributed by atoms with Crippen LogP contribution in [0.3, 0.4) is 0 Å². The lowest BCUT2D eigenvalue weighted by atomic mass is 10.1. The van der Waals surface area contributed by atoms with Crippen LogP contribution in [0.4, 0.5) is 11.4 Å². The number of amides is 2. The molecule has 1 unspecified atom stereocenters. The predicted molar refractivity (Wildman–Crippen MR) is 136 cm³/mol. The Morgan fingerprint density at radius 1 is 0.971 bits per heavy atom. The van der Waals surface area contributed by atoms with Crippen LogP contribution in [0, 0.1) is 0 Å². The molecule has 2 amide bonds. The Labute approximate surface area is 204 Å². The number of rotatable bonds is 5. The van der Waals surface area contributed by atoms with Crippen LogP contribution in [0.2, 0.25) is 5.02 Å². The van der Waals surface area contributed by atoms with Crippen LogP contribution in [-0.4, -0.2) is 54.3 Å². The molecular weight excluding hydrogens is 448 g/mol. The van der Waals surface area contributed by atoms with Crippen LogP contribution in [0.1, 0.15) is 39.4 Å². The first-order valence-electron chi connectivity index (χ1n) is 11.6. The number of halogens is 1. The zero-order valence-electron chi connectivity index (χ0n) is 19.1. The molecule has 1 saturated heterocycles. The monoisotopic (exact) mass is 474 g/mol. The molecule has 0 aromatic heterocycles. The Morgan fingerprint density at radius 2 is 1.71 bits per heavy atom. The van der Waals surface area contributed by atoms with Gasteiger partial charge < -0.3 is 20.0 Å². The molecule has 2 aliphatic rings. The minimum atomic E-state index is -0.213. The molecule has 0 saturated carbocycles. The third kappa shape index (κ3) is 4.21. The van der Waals surface area contributed by atoms with Gasteiger partial charge in [0.05, 0.1) is 0 Å². The maximum atomic E-state index is 13.1. The molecule has 0 radical (unpaired) electrons. The van der Waals surface area contributed by atoms with E-state index in [1.165, 1.54) is 0 Å². The maximum Gasteiger partial charge on any atom is 0.256 e. The van der Waals surface area contributed by atoms with Gasteiger partial charge in [-0.05, 0) is 55.5 Å². The summed E-state index contributed by atoms with van der Waals surface area (Å²) in [5.74, 6) is 0.0770. The van der Waals surface area contributed by atoms with Crippen molar-refractivity contribution in [2.45, 2.75) is 13.1 Å². The number of fused-ring (bicyclic) bond motifs is 1. The van der Waals surface area contributed by atoms with Crippen molar-refractivity contribution in [2.24, 2.45) is 0 Å². The molecule has 2 heterocycles. The van der Waals surface area contributed by atoms with Crippen LogP contribution in [0.5, 0.6) is 0 Å². The van der Waals surface area contributed by atoms with E-state index in [1.807, 2.05) is 89.5 Å². The molecule has 7 heteroatoms. The summed E-state index contributed by atoms with van der Waals surface area (Å²) in [5.41, 5.74) is 4.34. The van der Waals surface area contributed by atoms with Gasteiger partial charge in [-0.25, -0.2) is 0 Å². The van der Waals surface area contributed by atoms with Crippen molar-refractivity contribution in [3.8, 4) is 0 Å². The number of piperazine rings is 1. The van der Waals surface area contributed by atoms with Crippen molar-refractivity contribution in [3.05, 3.63) is 94.5 Å². The summed E-state index contributed by atoms with van der Waals surface area (Å²) in [6.07, 6.45) is -0.213. The average Bonchev–Trinajstić information content (AvgIpc) is 3.15. The van der Waals surface area contributed by atoms with E-state index in [4.69, 9.17) is 11.6 Å². The number of carbonyl (C=O) groups excluding carboxylic acids is 2. The highest BCUT2D eigenvalue weighted by Gasteiger charge is 2.35. The van der Waals surface area contributed by atoms with Crippen molar-refractivity contribution in [3.63, 3.8) is 0 Å². The van der Waals surface area contributed by atoms with E-state index in [0.717, 1.165) is 40.6 Å². The average molecular weight is 475 g/mol. The lowest BCUT2D eigenvalue weighted by Crippen LogP contribution is -2.48. The molecule has 0 spiro atoms. The van der Waals surface area contributed by atoms with Crippen molar-refractivity contribution in [2.75, 3.05) is 42.9 Å². The Hall–Kier alpha value is -3.51. The lowest BCUT2D eigenvalue weighted by molar-refractivity contribution is 0.0742. The molecule has 1 atom stereocenters. The van der Waals surface area contributed by atoms with E-state index in [0.29, 0.717) is 25.2 Å². The summed E-state index contributed by atoms with van der Waals surface area (Å²) in [7, 11) is 0. The first-order valence-corrected chi connectivity index (χ1v) is 12.0. The highest BCUT2D eigenvalue weighted by atomic mass is 35.5. The SMILES string of the molecule is CCN1C(=O)c2ccccc2C1Nc1ccc(C(=O)N2CCN(c3cccc(Cl)c3)CC2)cc1.